The molecule has 0 amide bonds. The van der Waals surface area contributed by atoms with Crippen molar-refractivity contribution in [2.24, 2.45) is 0 Å². The molecule has 1 fully saturated rings. The van der Waals surface area contributed by atoms with Crippen molar-refractivity contribution < 1.29 is 9.84 Å². The second-order valence-corrected chi connectivity index (χ2v) is 8.67. The van der Waals surface area contributed by atoms with E-state index in [-0.39, 0.29) is 0 Å². The molecule has 0 saturated carbocycles. The van der Waals surface area contributed by atoms with Gasteiger partial charge in [0.1, 0.15) is 17.8 Å². The summed E-state index contributed by atoms with van der Waals surface area (Å²) in [4.78, 5) is 15.0. The molecule has 162 valence electrons. The highest BCUT2D eigenvalue weighted by molar-refractivity contribution is 7.10. The van der Waals surface area contributed by atoms with Crippen LogP contribution in [0.2, 0.25) is 0 Å². The number of hydrogen-bond donors (Lipinski definition) is 3. The van der Waals surface area contributed by atoms with Gasteiger partial charge in [0, 0.05) is 29.7 Å². The van der Waals surface area contributed by atoms with Crippen molar-refractivity contribution in [2.45, 2.75) is 12.5 Å². The summed E-state index contributed by atoms with van der Waals surface area (Å²) in [6.07, 6.45) is 3.39. The monoisotopic (exact) mass is 445 g/mol. The lowest BCUT2D eigenvalue weighted by atomic mass is 10.0. The summed E-state index contributed by atoms with van der Waals surface area (Å²) in [5, 5.41) is 17.1. The van der Waals surface area contributed by atoms with E-state index >= 15 is 0 Å². The van der Waals surface area contributed by atoms with E-state index in [1.807, 2.05) is 41.9 Å². The lowest BCUT2D eigenvalue weighted by Gasteiger charge is -2.30. The standard InChI is InChI=1S/C24H23N5O2S/c1-24(30,21-3-2-14-32-21)8-6-17-4-5-20(29-10-12-31-13-11-29)19(15-17)28-23-18-7-9-25-22(18)26-16-27-23/h2-5,7,9,14-16,30H,10-13H2,1H3,(H2,25,26,27,28). The second kappa shape index (κ2) is 8.63. The van der Waals surface area contributed by atoms with Crippen LogP contribution >= 0.6 is 11.3 Å². The van der Waals surface area contributed by atoms with Crippen molar-refractivity contribution >= 4 is 39.6 Å². The van der Waals surface area contributed by atoms with Gasteiger partial charge < -0.3 is 25.0 Å². The number of rotatable bonds is 4. The van der Waals surface area contributed by atoms with Gasteiger partial charge in [-0.3, -0.25) is 0 Å². The quantitative estimate of drug-likeness (QED) is 0.414. The van der Waals surface area contributed by atoms with Crippen molar-refractivity contribution in [1.82, 2.24) is 15.0 Å². The minimum absolute atomic E-state index is 0.695. The zero-order chi connectivity index (χ0) is 22.0. The van der Waals surface area contributed by atoms with Gasteiger partial charge in [0.2, 0.25) is 0 Å². The van der Waals surface area contributed by atoms with Gasteiger partial charge in [-0.1, -0.05) is 17.9 Å². The number of fused-ring (bicyclic) bond motifs is 1. The summed E-state index contributed by atoms with van der Waals surface area (Å²) in [5.41, 5.74) is 2.34. The fourth-order valence-corrected chi connectivity index (χ4v) is 4.45. The van der Waals surface area contributed by atoms with Gasteiger partial charge in [0.15, 0.2) is 5.60 Å². The van der Waals surface area contributed by atoms with E-state index in [9.17, 15) is 5.11 Å². The maximum atomic E-state index is 10.8. The Bertz CT molecular complexity index is 1280. The number of ether oxygens (including phenoxy) is 1. The molecule has 0 spiro atoms. The summed E-state index contributed by atoms with van der Waals surface area (Å²) in [6.45, 7) is 4.74. The van der Waals surface area contributed by atoms with Crippen LogP contribution in [-0.4, -0.2) is 46.4 Å². The van der Waals surface area contributed by atoms with Gasteiger partial charge in [0.05, 0.1) is 30.0 Å². The van der Waals surface area contributed by atoms with Gasteiger partial charge >= 0.3 is 0 Å². The van der Waals surface area contributed by atoms with E-state index in [4.69, 9.17) is 4.74 Å². The van der Waals surface area contributed by atoms with E-state index in [1.54, 1.807) is 6.92 Å². The molecule has 4 aromatic rings. The van der Waals surface area contributed by atoms with E-state index in [1.165, 1.54) is 17.7 Å². The average molecular weight is 446 g/mol. The van der Waals surface area contributed by atoms with Crippen LogP contribution in [0.25, 0.3) is 11.0 Å². The average Bonchev–Trinajstić information content (AvgIpc) is 3.52. The topological polar surface area (TPSA) is 86.3 Å². The van der Waals surface area contributed by atoms with Crippen LogP contribution < -0.4 is 10.2 Å². The first kappa shape index (κ1) is 20.5. The van der Waals surface area contributed by atoms with Crippen molar-refractivity contribution in [3.63, 3.8) is 0 Å². The molecule has 1 atom stereocenters. The number of anilines is 3. The molecule has 7 nitrogen and oxygen atoms in total. The van der Waals surface area contributed by atoms with E-state index in [0.29, 0.717) is 13.2 Å². The summed E-state index contributed by atoms with van der Waals surface area (Å²) < 4.78 is 5.53. The second-order valence-electron chi connectivity index (χ2n) is 7.72. The number of nitrogens with zero attached hydrogens (tertiary/aromatic N) is 3. The molecule has 0 aliphatic carbocycles. The Balaban J connectivity index is 1.52. The van der Waals surface area contributed by atoms with Gasteiger partial charge in [-0.05, 0) is 42.6 Å². The summed E-state index contributed by atoms with van der Waals surface area (Å²) >= 11 is 1.49. The van der Waals surface area contributed by atoms with Crippen molar-refractivity contribution in [3.8, 4) is 11.8 Å². The van der Waals surface area contributed by atoms with Gasteiger partial charge in [0.25, 0.3) is 0 Å². The number of benzene rings is 1. The third kappa shape index (κ3) is 4.18. The number of thiophene rings is 1. The summed E-state index contributed by atoms with van der Waals surface area (Å²) in [7, 11) is 0. The summed E-state index contributed by atoms with van der Waals surface area (Å²) in [5.74, 6) is 6.89. The minimum Gasteiger partial charge on any atom is -0.378 e. The van der Waals surface area contributed by atoms with Crippen LogP contribution in [0.15, 0.2) is 54.3 Å². The molecule has 3 N–H and O–H groups in total. The lowest BCUT2D eigenvalue weighted by Crippen LogP contribution is -2.36. The van der Waals surface area contributed by atoms with Crippen LogP contribution in [0.3, 0.4) is 0 Å². The molecule has 4 heterocycles. The Morgan fingerprint density at radius 2 is 2.09 bits per heavy atom. The smallest absolute Gasteiger partial charge is 0.157 e. The maximum Gasteiger partial charge on any atom is 0.157 e. The Morgan fingerprint density at radius 3 is 2.91 bits per heavy atom. The van der Waals surface area contributed by atoms with Crippen LogP contribution in [-0.2, 0) is 10.3 Å². The number of aromatic amines is 1. The first-order valence-corrected chi connectivity index (χ1v) is 11.3. The van der Waals surface area contributed by atoms with Gasteiger partial charge in [-0.25, -0.2) is 9.97 Å². The fourth-order valence-electron chi connectivity index (χ4n) is 3.70. The molecule has 1 aromatic carbocycles. The van der Waals surface area contributed by atoms with Crippen LogP contribution in [0.1, 0.15) is 17.4 Å². The molecule has 1 saturated heterocycles. The van der Waals surface area contributed by atoms with Crippen molar-refractivity contribution in [1.29, 1.82) is 0 Å². The number of nitrogens with one attached hydrogen (secondary N) is 2. The third-order valence-electron chi connectivity index (χ3n) is 5.41. The minimum atomic E-state index is -1.20. The SMILES string of the molecule is CC(O)(C#Cc1ccc(N2CCOCC2)c(Nc2ncnc3[nH]ccc23)c1)c1cccs1. The van der Waals surface area contributed by atoms with Crippen LogP contribution in [0.5, 0.6) is 0 Å². The molecule has 1 unspecified atom stereocenters. The van der Waals surface area contributed by atoms with Gasteiger partial charge in [-0.2, -0.15) is 0 Å². The number of morpholine rings is 1. The summed E-state index contributed by atoms with van der Waals surface area (Å²) in [6, 6.07) is 11.8. The normalized spacial score (nSPS) is 15.8. The predicted octanol–water partition coefficient (Wildman–Crippen LogP) is 3.86. The Morgan fingerprint density at radius 1 is 1.22 bits per heavy atom. The highest BCUT2D eigenvalue weighted by atomic mass is 32.1. The molecule has 0 radical (unpaired) electrons. The molecule has 3 aromatic heterocycles. The largest absolute Gasteiger partial charge is 0.378 e. The van der Waals surface area contributed by atoms with Crippen LogP contribution in [0, 0.1) is 11.8 Å². The van der Waals surface area contributed by atoms with Crippen molar-refractivity contribution in [3.05, 3.63) is 64.7 Å². The Labute approximate surface area is 190 Å². The Hall–Kier alpha value is -3.38. The lowest BCUT2D eigenvalue weighted by molar-refractivity contribution is 0.123. The maximum absolute atomic E-state index is 10.8. The number of hydrogen-bond acceptors (Lipinski definition) is 7. The molecular formula is C24H23N5O2S. The highest BCUT2D eigenvalue weighted by Gasteiger charge is 2.21. The number of aromatic nitrogens is 3. The number of H-pyrrole nitrogens is 1. The molecule has 1 aliphatic heterocycles. The molecule has 8 heteroatoms. The third-order valence-corrected chi connectivity index (χ3v) is 6.49. The molecule has 0 bridgehead atoms. The highest BCUT2D eigenvalue weighted by Crippen LogP contribution is 2.32. The first-order chi connectivity index (χ1) is 15.6. The van der Waals surface area contributed by atoms with Gasteiger partial charge in [-0.15, -0.1) is 11.3 Å². The van der Waals surface area contributed by atoms with E-state index in [2.05, 4.69) is 43.1 Å². The predicted molar refractivity (Wildman–Crippen MR) is 127 cm³/mol. The molecule has 5 rings (SSSR count). The van der Waals surface area contributed by atoms with E-state index < -0.39 is 5.60 Å². The number of aliphatic hydroxyl groups is 1. The van der Waals surface area contributed by atoms with Crippen molar-refractivity contribution in [2.75, 3.05) is 36.5 Å². The zero-order valence-corrected chi connectivity index (χ0v) is 18.4. The molecule has 1 aliphatic rings. The fraction of sp³-hybridized carbons (Fsp3) is 0.250. The zero-order valence-electron chi connectivity index (χ0n) is 17.6. The molecule has 32 heavy (non-hydrogen) atoms. The Kier molecular flexibility index (Phi) is 5.53. The first-order valence-electron chi connectivity index (χ1n) is 10.4. The van der Waals surface area contributed by atoms with E-state index in [0.717, 1.165) is 51.8 Å². The van der Waals surface area contributed by atoms with Crippen LogP contribution in [0.4, 0.5) is 17.2 Å². The molecular weight excluding hydrogens is 422 g/mol.